The van der Waals surface area contributed by atoms with Crippen molar-refractivity contribution in [1.29, 1.82) is 0 Å². The molecule has 1 nitrogen and oxygen atoms in total. The van der Waals surface area contributed by atoms with Crippen LogP contribution in [-0.2, 0) is 0 Å². The molecule has 0 unspecified atom stereocenters. The van der Waals surface area contributed by atoms with Crippen LogP contribution < -0.4 is 5.32 Å². The van der Waals surface area contributed by atoms with Gasteiger partial charge in [-0.1, -0.05) is 25.2 Å². The van der Waals surface area contributed by atoms with Crippen LogP contribution in [0.15, 0.2) is 24.8 Å². The summed E-state index contributed by atoms with van der Waals surface area (Å²) in [4.78, 5) is 0. The van der Waals surface area contributed by atoms with Gasteiger partial charge in [-0.2, -0.15) is 0 Å². The Hall–Kier alpha value is -0.560. The van der Waals surface area contributed by atoms with Gasteiger partial charge in [-0.15, -0.1) is 6.58 Å². The standard InChI is InChI=1S/C9H15N/c1-4-8(3)9-5-7(2)6-10-9/h4,8-10H,1-2,5-6H2,3H3/t8-,9-/m0/s1. The maximum Gasteiger partial charge on any atom is 0.0168 e. The summed E-state index contributed by atoms with van der Waals surface area (Å²) in [5, 5.41) is 3.39. The van der Waals surface area contributed by atoms with Crippen LogP contribution in [0.2, 0.25) is 0 Å². The van der Waals surface area contributed by atoms with Crippen LogP contribution >= 0.6 is 0 Å². The molecule has 1 saturated heterocycles. The molecule has 0 aromatic rings. The predicted molar refractivity (Wildman–Crippen MR) is 44.9 cm³/mol. The first kappa shape index (κ1) is 7.55. The van der Waals surface area contributed by atoms with Gasteiger partial charge in [-0.25, -0.2) is 0 Å². The molecule has 1 fully saturated rings. The van der Waals surface area contributed by atoms with Crippen molar-refractivity contribution < 1.29 is 0 Å². The molecule has 0 spiro atoms. The molecule has 0 amide bonds. The van der Waals surface area contributed by atoms with E-state index in [1.54, 1.807) is 0 Å². The first-order chi connectivity index (χ1) is 4.74. The van der Waals surface area contributed by atoms with Crippen molar-refractivity contribution >= 4 is 0 Å². The van der Waals surface area contributed by atoms with E-state index in [9.17, 15) is 0 Å². The van der Waals surface area contributed by atoms with Crippen molar-refractivity contribution in [3.05, 3.63) is 24.8 Å². The monoisotopic (exact) mass is 137 g/mol. The molecular weight excluding hydrogens is 122 g/mol. The van der Waals surface area contributed by atoms with Crippen molar-refractivity contribution in [3.8, 4) is 0 Å². The number of rotatable bonds is 2. The highest BCUT2D eigenvalue weighted by Crippen LogP contribution is 2.17. The average molecular weight is 137 g/mol. The molecule has 0 radical (unpaired) electrons. The molecule has 56 valence electrons. The minimum Gasteiger partial charge on any atom is -0.309 e. The lowest BCUT2D eigenvalue weighted by Crippen LogP contribution is -2.27. The van der Waals surface area contributed by atoms with Gasteiger partial charge in [0.1, 0.15) is 0 Å². The molecule has 1 aliphatic heterocycles. The summed E-state index contributed by atoms with van der Waals surface area (Å²) in [5.41, 5.74) is 1.32. The molecular formula is C9H15N. The predicted octanol–water partition coefficient (Wildman–Crippen LogP) is 1.73. The Labute approximate surface area is 62.8 Å². The lowest BCUT2D eigenvalue weighted by Gasteiger charge is -2.13. The zero-order valence-corrected chi connectivity index (χ0v) is 6.56. The Bertz CT molecular complexity index is 149. The fourth-order valence-corrected chi connectivity index (χ4v) is 1.27. The normalized spacial score (nSPS) is 28.5. The fourth-order valence-electron chi connectivity index (χ4n) is 1.27. The minimum absolute atomic E-state index is 0.569. The highest BCUT2D eigenvalue weighted by molar-refractivity contribution is 5.09. The highest BCUT2D eigenvalue weighted by Gasteiger charge is 2.20. The second-order valence-electron chi connectivity index (χ2n) is 3.04. The lowest BCUT2D eigenvalue weighted by molar-refractivity contribution is 0.496. The van der Waals surface area contributed by atoms with Crippen LogP contribution in [0.3, 0.4) is 0 Å². The molecule has 1 rings (SSSR count). The minimum atomic E-state index is 0.569. The summed E-state index contributed by atoms with van der Waals surface area (Å²) in [5.74, 6) is 0.569. The smallest absolute Gasteiger partial charge is 0.0168 e. The van der Waals surface area contributed by atoms with Crippen molar-refractivity contribution in [3.63, 3.8) is 0 Å². The number of nitrogens with one attached hydrogen (secondary N) is 1. The van der Waals surface area contributed by atoms with E-state index >= 15 is 0 Å². The molecule has 10 heavy (non-hydrogen) atoms. The first-order valence-electron chi connectivity index (χ1n) is 3.76. The van der Waals surface area contributed by atoms with Gasteiger partial charge in [-0.3, -0.25) is 0 Å². The van der Waals surface area contributed by atoms with Gasteiger partial charge in [0, 0.05) is 12.6 Å². The van der Waals surface area contributed by atoms with Crippen molar-refractivity contribution in [1.82, 2.24) is 5.32 Å². The second-order valence-corrected chi connectivity index (χ2v) is 3.04. The summed E-state index contributed by atoms with van der Waals surface area (Å²) in [6, 6.07) is 0.588. The Balaban J connectivity index is 2.43. The largest absolute Gasteiger partial charge is 0.309 e. The van der Waals surface area contributed by atoms with Crippen LogP contribution in [0.1, 0.15) is 13.3 Å². The van der Waals surface area contributed by atoms with Crippen molar-refractivity contribution in [2.24, 2.45) is 5.92 Å². The summed E-state index contributed by atoms with van der Waals surface area (Å²) in [7, 11) is 0. The van der Waals surface area contributed by atoms with Gasteiger partial charge in [0.15, 0.2) is 0 Å². The number of hydrogen-bond donors (Lipinski definition) is 1. The zero-order chi connectivity index (χ0) is 7.56. The van der Waals surface area contributed by atoms with Gasteiger partial charge >= 0.3 is 0 Å². The van der Waals surface area contributed by atoms with E-state index in [-0.39, 0.29) is 0 Å². The summed E-state index contributed by atoms with van der Waals surface area (Å²) in [6.45, 7) is 10.9. The van der Waals surface area contributed by atoms with Gasteiger partial charge < -0.3 is 5.32 Å². The molecule has 1 heterocycles. The van der Waals surface area contributed by atoms with Gasteiger partial charge in [-0.05, 0) is 12.3 Å². The highest BCUT2D eigenvalue weighted by atomic mass is 14.9. The molecule has 0 aromatic carbocycles. The van der Waals surface area contributed by atoms with E-state index in [1.807, 2.05) is 6.08 Å². The Morgan fingerprint density at radius 2 is 2.50 bits per heavy atom. The number of hydrogen-bond acceptors (Lipinski definition) is 1. The van der Waals surface area contributed by atoms with E-state index in [0.29, 0.717) is 12.0 Å². The van der Waals surface area contributed by atoms with E-state index in [0.717, 1.165) is 13.0 Å². The second kappa shape index (κ2) is 3.02. The van der Waals surface area contributed by atoms with Crippen LogP contribution in [0, 0.1) is 5.92 Å². The average Bonchev–Trinajstić information content (AvgIpc) is 2.34. The third-order valence-corrected chi connectivity index (χ3v) is 2.13. The molecule has 1 N–H and O–H groups in total. The lowest BCUT2D eigenvalue weighted by atomic mass is 10.00. The van der Waals surface area contributed by atoms with E-state index in [1.165, 1.54) is 5.57 Å². The maximum atomic E-state index is 3.92. The first-order valence-corrected chi connectivity index (χ1v) is 3.76. The van der Waals surface area contributed by atoms with Gasteiger partial charge in [0.05, 0.1) is 0 Å². The summed E-state index contributed by atoms with van der Waals surface area (Å²) >= 11 is 0. The molecule has 0 saturated carbocycles. The van der Waals surface area contributed by atoms with Gasteiger partial charge in [0.25, 0.3) is 0 Å². The SMILES string of the molecule is C=C[C@H](C)[C@@H]1CC(=C)CN1. The summed E-state index contributed by atoms with van der Waals surface area (Å²) < 4.78 is 0. The fraction of sp³-hybridized carbons (Fsp3) is 0.556. The van der Waals surface area contributed by atoms with Crippen LogP contribution in [-0.4, -0.2) is 12.6 Å². The summed E-state index contributed by atoms with van der Waals surface area (Å²) in [6.07, 6.45) is 3.11. The van der Waals surface area contributed by atoms with E-state index in [4.69, 9.17) is 0 Å². The van der Waals surface area contributed by atoms with Crippen molar-refractivity contribution in [2.45, 2.75) is 19.4 Å². The third-order valence-electron chi connectivity index (χ3n) is 2.13. The van der Waals surface area contributed by atoms with Gasteiger partial charge in [0.2, 0.25) is 0 Å². The molecule has 0 bridgehead atoms. The van der Waals surface area contributed by atoms with Crippen LogP contribution in [0.5, 0.6) is 0 Å². The zero-order valence-electron chi connectivity index (χ0n) is 6.56. The molecule has 0 aliphatic carbocycles. The Morgan fingerprint density at radius 1 is 1.80 bits per heavy atom. The molecule has 1 aliphatic rings. The van der Waals surface area contributed by atoms with E-state index < -0.39 is 0 Å². The Morgan fingerprint density at radius 3 is 2.90 bits per heavy atom. The molecule has 0 aromatic heterocycles. The molecule has 2 atom stereocenters. The van der Waals surface area contributed by atoms with Crippen molar-refractivity contribution in [2.75, 3.05) is 6.54 Å². The molecule has 1 heteroatoms. The topological polar surface area (TPSA) is 12.0 Å². The van der Waals surface area contributed by atoms with E-state index in [2.05, 4.69) is 25.4 Å². The Kier molecular flexibility index (Phi) is 2.28. The third kappa shape index (κ3) is 1.48. The maximum absolute atomic E-state index is 3.92. The van der Waals surface area contributed by atoms with Crippen LogP contribution in [0.25, 0.3) is 0 Å². The quantitative estimate of drug-likeness (QED) is 0.571. The van der Waals surface area contributed by atoms with Crippen LogP contribution in [0.4, 0.5) is 0 Å².